The highest BCUT2D eigenvalue weighted by atomic mass is 79.9. The van der Waals surface area contributed by atoms with Gasteiger partial charge >= 0.3 is 6.18 Å². The number of benzene rings is 1. The molecule has 0 amide bonds. The van der Waals surface area contributed by atoms with E-state index in [0.717, 1.165) is 0 Å². The Kier molecular flexibility index (Phi) is 4.39. The maximum absolute atomic E-state index is 13.7. The normalized spacial score (nSPS) is 27.1. The van der Waals surface area contributed by atoms with Crippen LogP contribution in [0.15, 0.2) is 28.7 Å². The summed E-state index contributed by atoms with van der Waals surface area (Å²) in [5.41, 5.74) is -4.19. The van der Waals surface area contributed by atoms with Gasteiger partial charge in [-0.05, 0) is 32.4 Å². The lowest BCUT2D eigenvalue weighted by Crippen LogP contribution is -2.53. The zero-order valence-electron chi connectivity index (χ0n) is 11.6. The summed E-state index contributed by atoms with van der Waals surface area (Å²) in [6.45, 7) is 2.48. The van der Waals surface area contributed by atoms with Crippen LogP contribution in [0.3, 0.4) is 0 Å². The monoisotopic (exact) mass is 369 g/mol. The van der Waals surface area contributed by atoms with Crippen molar-refractivity contribution in [2.24, 2.45) is 0 Å². The number of nitrogens with one attached hydrogen (secondary N) is 1. The number of halogens is 5. The van der Waals surface area contributed by atoms with E-state index in [4.69, 9.17) is 4.74 Å². The van der Waals surface area contributed by atoms with Gasteiger partial charge in [-0.3, -0.25) is 5.32 Å². The fourth-order valence-electron chi connectivity index (χ4n) is 2.47. The topological polar surface area (TPSA) is 21.3 Å². The zero-order valence-corrected chi connectivity index (χ0v) is 13.2. The minimum absolute atomic E-state index is 0.0441. The molecule has 0 radical (unpaired) electrons. The molecule has 1 aromatic carbocycles. The first kappa shape index (κ1) is 16.7. The van der Waals surface area contributed by atoms with Crippen molar-refractivity contribution in [3.63, 3.8) is 0 Å². The Labute approximate surface area is 129 Å². The standard InChI is InChI=1S/C14H16BrF4NO/c1-12(2,16)7-11-8-21-13(20-11,14(17,18)19)9-3-5-10(15)6-4-9/h3-6,11,20H,7-8H2,1-2H3. The van der Waals surface area contributed by atoms with Crippen molar-refractivity contribution >= 4 is 15.9 Å². The maximum atomic E-state index is 13.7. The Hall–Kier alpha value is -0.660. The number of rotatable bonds is 3. The molecule has 1 aliphatic rings. The van der Waals surface area contributed by atoms with Gasteiger partial charge in [0.05, 0.1) is 6.61 Å². The van der Waals surface area contributed by atoms with Crippen molar-refractivity contribution < 1.29 is 22.3 Å². The minimum atomic E-state index is -4.64. The van der Waals surface area contributed by atoms with Crippen LogP contribution in [0.4, 0.5) is 17.6 Å². The molecule has 0 aromatic heterocycles. The number of hydrogen-bond donors (Lipinski definition) is 1. The molecule has 2 unspecified atom stereocenters. The van der Waals surface area contributed by atoms with Gasteiger partial charge in [0.2, 0.25) is 5.72 Å². The molecule has 2 atom stereocenters. The minimum Gasteiger partial charge on any atom is -0.347 e. The van der Waals surface area contributed by atoms with E-state index in [2.05, 4.69) is 21.2 Å². The Morgan fingerprint density at radius 1 is 1.24 bits per heavy atom. The summed E-state index contributed by atoms with van der Waals surface area (Å²) in [6, 6.07) is 5.01. The highest BCUT2D eigenvalue weighted by molar-refractivity contribution is 9.10. The molecular weight excluding hydrogens is 354 g/mol. The highest BCUT2D eigenvalue weighted by Gasteiger charge is 2.61. The molecule has 118 valence electrons. The van der Waals surface area contributed by atoms with Crippen molar-refractivity contribution in [1.29, 1.82) is 0 Å². The lowest BCUT2D eigenvalue weighted by molar-refractivity contribution is -0.278. The van der Waals surface area contributed by atoms with Crippen LogP contribution in [0.25, 0.3) is 0 Å². The van der Waals surface area contributed by atoms with Gasteiger partial charge < -0.3 is 4.74 Å². The smallest absolute Gasteiger partial charge is 0.347 e. The lowest BCUT2D eigenvalue weighted by atomic mass is 9.99. The van der Waals surface area contributed by atoms with Crippen molar-refractivity contribution in [1.82, 2.24) is 5.32 Å². The maximum Gasteiger partial charge on any atom is 0.435 e. The van der Waals surface area contributed by atoms with Gasteiger partial charge in [-0.25, -0.2) is 4.39 Å². The van der Waals surface area contributed by atoms with Gasteiger partial charge in [-0.1, -0.05) is 28.1 Å². The summed E-state index contributed by atoms with van der Waals surface area (Å²) in [4.78, 5) is 0. The van der Waals surface area contributed by atoms with Crippen LogP contribution < -0.4 is 5.32 Å². The van der Waals surface area contributed by atoms with Crippen molar-refractivity contribution in [3.05, 3.63) is 34.3 Å². The van der Waals surface area contributed by atoms with E-state index in [9.17, 15) is 17.6 Å². The molecule has 2 rings (SSSR count). The molecule has 1 aromatic rings. The van der Waals surface area contributed by atoms with Gasteiger partial charge in [0.1, 0.15) is 5.67 Å². The molecule has 7 heteroatoms. The lowest BCUT2D eigenvalue weighted by Gasteiger charge is -2.32. The van der Waals surface area contributed by atoms with Crippen LogP contribution in [0.1, 0.15) is 25.8 Å². The van der Waals surface area contributed by atoms with Crippen LogP contribution in [0, 0.1) is 0 Å². The Morgan fingerprint density at radius 2 is 1.81 bits per heavy atom. The molecule has 0 saturated carbocycles. The molecule has 0 aliphatic carbocycles. The average Bonchev–Trinajstić information content (AvgIpc) is 2.72. The van der Waals surface area contributed by atoms with E-state index >= 15 is 0 Å². The van der Waals surface area contributed by atoms with Crippen molar-refractivity contribution in [2.45, 2.75) is 43.9 Å². The van der Waals surface area contributed by atoms with Gasteiger partial charge in [0, 0.05) is 16.1 Å². The summed E-state index contributed by atoms with van der Waals surface area (Å²) < 4.78 is 59.9. The second-order valence-electron chi connectivity index (χ2n) is 5.76. The molecule has 1 N–H and O–H groups in total. The quantitative estimate of drug-likeness (QED) is 0.802. The van der Waals surface area contributed by atoms with Crippen molar-refractivity contribution in [3.8, 4) is 0 Å². The van der Waals surface area contributed by atoms with Crippen LogP contribution in [0.5, 0.6) is 0 Å². The molecule has 0 bridgehead atoms. The van der Waals surface area contributed by atoms with Crippen LogP contribution in [0.2, 0.25) is 0 Å². The van der Waals surface area contributed by atoms with Crippen molar-refractivity contribution in [2.75, 3.05) is 6.61 Å². The first-order chi connectivity index (χ1) is 9.53. The van der Waals surface area contributed by atoms with E-state index in [1.165, 1.54) is 38.1 Å². The predicted octanol–water partition coefficient (Wildman–Crippen LogP) is 4.29. The molecule has 1 fully saturated rings. The van der Waals surface area contributed by atoms with Gasteiger partial charge in [-0.15, -0.1) is 0 Å². The second-order valence-corrected chi connectivity index (χ2v) is 6.68. The Balaban J connectivity index is 2.31. The largest absolute Gasteiger partial charge is 0.435 e. The highest BCUT2D eigenvalue weighted by Crippen LogP contribution is 2.44. The van der Waals surface area contributed by atoms with Gasteiger partial charge in [0.25, 0.3) is 0 Å². The predicted molar refractivity (Wildman–Crippen MR) is 74.6 cm³/mol. The second kappa shape index (κ2) is 5.52. The molecule has 1 aliphatic heterocycles. The fraction of sp³-hybridized carbons (Fsp3) is 0.571. The SMILES string of the molecule is CC(C)(F)CC1COC(c2ccc(Br)cc2)(C(F)(F)F)N1. The zero-order chi connectivity index (χ0) is 15.9. The molecule has 1 saturated heterocycles. The van der Waals surface area contributed by atoms with Crippen LogP contribution in [-0.2, 0) is 10.5 Å². The van der Waals surface area contributed by atoms with E-state index in [1.807, 2.05) is 0 Å². The third-order valence-corrected chi connectivity index (χ3v) is 3.82. The molecule has 21 heavy (non-hydrogen) atoms. The van der Waals surface area contributed by atoms with E-state index in [1.54, 1.807) is 0 Å². The molecule has 1 heterocycles. The summed E-state index contributed by atoms with van der Waals surface area (Å²) in [5.74, 6) is 0. The van der Waals surface area contributed by atoms with Crippen LogP contribution in [-0.4, -0.2) is 24.5 Å². The first-order valence-electron chi connectivity index (χ1n) is 6.47. The summed E-state index contributed by atoms with van der Waals surface area (Å²) in [5, 5.41) is 2.43. The fourth-order valence-corrected chi connectivity index (χ4v) is 2.74. The van der Waals surface area contributed by atoms with E-state index in [0.29, 0.717) is 4.47 Å². The Morgan fingerprint density at radius 3 is 2.29 bits per heavy atom. The number of ether oxygens (including phenoxy) is 1. The molecule has 0 spiro atoms. The van der Waals surface area contributed by atoms with E-state index in [-0.39, 0.29) is 18.6 Å². The summed E-state index contributed by atoms with van der Waals surface area (Å²) in [6.07, 6.45) is -4.70. The third-order valence-electron chi connectivity index (χ3n) is 3.29. The van der Waals surface area contributed by atoms with E-state index < -0.39 is 23.6 Å². The van der Waals surface area contributed by atoms with Crippen LogP contribution >= 0.6 is 15.9 Å². The Bertz CT molecular complexity index is 497. The molecular formula is C14H16BrF4NO. The summed E-state index contributed by atoms with van der Waals surface area (Å²) >= 11 is 3.18. The summed E-state index contributed by atoms with van der Waals surface area (Å²) in [7, 11) is 0. The van der Waals surface area contributed by atoms with Gasteiger partial charge in [-0.2, -0.15) is 13.2 Å². The van der Waals surface area contributed by atoms with Gasteiger partial charge in [0.15, 0.2) is 0 Å². The first-order valence-corrected chi connectivity index (χ1v) is 7.26. The average molecular weight is 370 g/mol. The number of hydrogen-bond acceptors (Lipinski definition) is 2. The number of alkyl halides is 4. The third kappa shape index (κ3) is 3.57. The molecule has 2 nitrogen and oxygen atoms in total.